The minimum Gasteiger partial charge on any atom is -0.371 e. The second-order valence-electron chi connectivity index (χ2n) is 7.59. The summed E-state index contributed by atoms with van der Waals surface area (Å²) in [5.41, 5.74) is 3.37. The van der Waals surface area contributed by atoms with Crippen LogP contribution in [0.4, 0.5) is 11.4 Å². The Morgan fingerprint density at radius 2 is 1.48 bits per heavy atom. The Kier molecular flexibility index (Phi) is 7.29. The molecule has 0 aliphatic carbocycles. The molecule has 2 unspecified atom stereocenters. The van der Waals surface area contributed by atoms with Crippen LogP contribution in [-0.2, 0) is 20.7 Å². The van der Waals surface area contributed by atoms with E-state index in [4.69, 9.17) is 22.6 Å². The van der Waals surface area contributed by atoms with Crippen molar-refractivity contribution in [2.45, 2.75) is 43.8 Å². The molecule has 2 atom stereocenters. The number of alkyl halides is 1. The highest BCUT2D eigenvalue weighted by atomic mass is 127. The molecule has 2 aromatic rings. The number of ether oxygens (including phenoxy) is 2. The number of hydrogen-bond donors (Lipinski definition) is 0. The number of hydrogen-bond acceptors (Lipinski definition) is 2. The van der Waals surface area contributed by atoms with Crippen molar-refractivity contribution in [3.05, 3.63) is 82.5 Å². The van der Waals surface area contributed by atoms with Crippen molar-refractivity contribution >= 4 is 34.0 Å². The van der Waals surface area contributed by atoms with E-state index in [1.54, 1.807) is 0 Å². The molecule has 29 heavy (non-hydrogen) atoms. The molecule has 2 aliphatic heterocycles. The summed E-state index contributed by atoms with van der Waals surface area (Å²) in [6.45, 7) is 17.7. The Labute approximate surface area is 187 Å². The molecule has 2 aromatic carbocycles. The summed E-state index contributed by atoms with van der Waals surface area (Å²) in [6.07, 6.45) is 4.34. The molecule has 0 aromatic heterocycles. The Morgan fingerprint density at radius 1 is 0.897 bits per heavy atom. The number of halogens is 1. The fourth-order valence-electron chi connectivity index (χ4n) is 3.88. The fraction of sp³-hybridized carbons (Fsp3) is 0.417. The van der Waals surface area contributed by atoms with E-state index in [2.05, 4.69) is 45.3 Å². The van der Waals surface area contributed by atoms with Crippen LogP contribution in [0.25, 0.3) is 9.69 Å². The zero-order chi connectivity index (χ0) is 20.7. The molecule has 2 fully saturated rings. The quantitative estimate of drug-likeness (QED) is 0.259. The van der Waals surface area contributed by atoms with Crippen molar-refractivity contribution < 1.29 is 9.47 Å². The predicted molar refractivity (Wildman–Crippen MR) is 124 cm³/mol. The van der Waals surface area contributed by atoms with Gasteiger partial charge in [0.25, 0.3) is 0 Å². The van der Waals surface area contributed by atoms with Crippen molar-refractivity contribution in [1.82, 2.24) is 0 Å². The summed E-state index contributed by atoms with van der Waals surface area (Å²) >= 11 is 2.37. The first-order valence-corrected chi connectivity index (χ1v) is 11.4. The maximum absolute atomic E-state index is 7.01. The largest absolute Gasteiger partial charge is 0.371 e. The fourth-order valence-corrected chi connectivity index (χ4v) is 4.92. The van der Waals surface area contributed by atoms with Crippen molar-refractivity contribution in [3.63, 3.8) is 0 Å². The van der Waals surface area contributed by atoms with Crippen molar-refractivity contribution in [2.24, 2.45) is 0 Å². The Hall–Kier alpha value is -1.93. The van der Waals surface area contributed by atoms with Gasteiger partial charge >= 0.3 is 0 Å². The lowest BCUT2D eigenvalue weighted by molar-refractivity contribution is 0.0169. The van der Waals surface area contributed by atoms with Crippen molar-refractivity contribution in [1.29, 1.82) is 0 Å². The summed E-state index contributed by atoms with van der Waals surface area (Å²) < 4.78 is 12.5. The molecule has 0 saturated carbocycles. The van der Waals surface area contributed by atoms with E-state index in [-0.39, 0.29) is 11.2 Å². The lowest BCUT2D eigenvalue weighted by Crippen LogP contribution is -2.26. The summed E-state index contributed by atoms with van der Waals surface area (Å²) in [4.78, 5) is 6.89. The van der Waals surface area contributed by atoms with Crippen LogP contribution in [0.3, 0.4) is 0 Å². The molecule has 5 heteroatoms. The van der Waals surface area contributed by atoms with Gasteiger partial charge in [-0.3, -0.25) is 0 Å². The van der Waals surface area contributed by atoms with E-state index in [9.17, 15) is 0 Å². The highest BCUT2D eigenvalue weighted by Gasteiger charge is 2.35. The van der Waals surface area contributed by atoms with Crippen LogP contribution in [0.15, 0.2) is 48.5 Å². The third-order valence-corrected chi connectivity index (χ3v) is 6.86. The van der Waals surface area contributed by atoms with Gasteiger partial charge in [-0.2, -0.15) is 0 Å². The van der Waals surface area contributed by atoms with Gasteiger partial charge in [0.15, 0.2) is 11.4 Å². The first-order chi connectivity index (χ1) is 14.0. The van der Waals surface area contributed by atoms with E-state index in [0.29, 0.717) is 11.4 Å². The molecule has 0 N–H and O–H groups in total. The minimum absolute atomic E-state index is 0.138. The number of nitrogens with zero attached hydrogens (tertiary/aromatic N) is 2. The monoisotopic (exact) mass is 500 g/mol. The summed E-state index contributed by atoms with van der Waals surface area (Å²) in [5, 5.41) is 0. The SMILES string of the molecule is [C-]#[N+]c1cccc(C2(C)CCCO2)c1.[C-]#[N+]c1cccc(C2(CI)CCCO2)c1. The molecular weight excluding hydrogens is 475 g/mol. The third-order valence-electron chi connectivity index (χ3n) is 5.63. The molecule has 4 rings (SSSR count). The standard InChI is InChI=1S/C12H12INO.C12H13NO/c1-14-11-5-2-4-10(8-11)12(9-13)6-3-7-15-12;1-12(7-4-8-14-12)10-5-3-6-11(9-10)13-2/h2,4-5,8H,3,6-7,9H2;3,5-6,9H,4,7-8H2,1H3. The van der Waals surface area contributed by atoms with Gasteiger partial charge in [-0.1, -0.05) is 71.1 Å². The molecular formula is C24H25IN2O2. The molecule has 0 bridgehead atoms. The van der Waals surface area contributed by atoms with Gasteiger partial charge in [-0.25, -0.2) is 9.69 Å². The zero-order valence-electron chi connectivity index (χ0n) is 16.7. The highest BCUT2D eigenvalue weighted by Crippen LogP contribution is 2.39. The molecule has 0 radical (unpaired) electrons. The van der Waals surface area contributed by atoms with Crippen LogP contribution < -0.4 is 0 Å². The zero-order valence-corrected chi connectivity index (χ0v) is 18.8. The van der Waals surface area contributed by atoms with Gasteiger partial charge < -0.3 is 9.47 Å². The van der Waals surface area contributed by atoms with Gasteiger partial charge in [0, 0.05) is 17.6 Å². The van der Waals surface area contributed by atoms with Crippen molar-refractivity contribution in [3.8, 4) is 0 Å². The van der Waals surface area contributed by atoms with E-state index in [1.807, 2.05) is 42.5 Å². The van der Waals surface area contributed by atoms with Gasteiger partial charge in [-0.05, 0) is 43.7 Å². The van der Waals surface area contributed by atoms with Crippen LogP contribution in [0.5, 0.6) is 0 Å². The smallest absolute Gasteiger partial charge is 0.187 e. The second-order valence-corrected chi connectivity index (χ2v) is 8.35. The van der Waals surface area contributed by atoms with Crippen LogP contribution in [0, 0.1) is 13.1 Å². The third kappa shape index (κ3) is 4.98. The van der Waals surface area contributed by atoms with Crippen LogP contribution in [0.2, 0.25) is 0 Å². The maximum atomic E-state index is 7.01. The summed E-state index contributed by atoms with van der Waals surface area (Å²) in [7, 11) is 0. The van der Waals surface area contributed by atoms with Crippen molar-refractivity contribution in [2.75, 3.05) is 17.6 Å². The molecule has 150 valence electrons. The summed E-state index contributed by atoms with van der Waals surface area (Å²) in [5.74, 6) is 0. The summed E-state index contributed by atoms with van der Waals surface area (Å²) in [6, 6.07) is 15.5. The van der Waals surface area contributed by atoms with Crippen LogP contribution in [-0.4, -0.2) is 17.6 Å². The highest BCUT2D eigenvalue weighted by molar-refractivity contribution is 14.1. The van der Waals surface area contributed by atoms with Crippen LogP contribution in [0.1, 0.15) is 43.7 Å². The molecule has 0 amide bonds. The lowest BCUT2D eigenvalue weighted by Gasteiger charge is -2.26. The molecule has 4 nitrogen and oxygen atoms in total. The molecule has 2 heterocycles. The van der Waals surface area contributed by atoms with E-state index < -0.39 is 0 Å². The van der Waals surface area contributed by atoms with Crippen LogP contribution >= 0.6 is 22.6 Å². The Balaban J connectivity index is 0.000000166. The average molecular weight is 500 g/mol. The molecule has 0 spiro atoms. The molecule has 2 aliphatic rings. The van der Waals surface area contributed by atoms with Gasteiger partial charge in [0.1, 0.15) is 5.60 Å². The first-order valence-electron chi connectivity index (χ1n) is 9.85. The van der Waals surface area contributed by atoms with E-state index in [0.717, 1.165) is 54.5 Å². The van der Waals surface area contributed by atoms with Gasteiger partial charge in [0.05, 0.1) is 18.7 Å². The molecule has 2 saturated heterocycles. The Bertz CT molecular complexity index is 917. The normalized spacial score (nSPS) is 25.5. The predicted octanol–water partition coefficient (Wildman–Crippen LogP) is 6.94. The topological polar surface area (TPSA) is 27.2 Å². The maximum Gasteiger partial charge on any atom is 0.187 e. The van der Waals surface area contributed by atoms with E-state index >= 15 is 0 Å². The number of rotatable bonds is 3. The van der Waals surface area contributed by atoms with Gasteiger partial charge in [-0.15, -0.1) is 0 Å². The lowest BCUT2D eigenvalue weighted by atomic mass is 9.93. The van der Waals surface area contributed by atoms with E-state index in [1.165, 1.54) is 0 Å². The minimum atomic E-state index is -0.166. The second kappa shape index (κ2) is 9.71. The first kappa shape index (κ1) is 21.8. The van der Waals surface area contributed by atoms with Gasteiger partial charge in [0.2, 0.25) is 0 Å². The number of benzene rings is 2. The average Bonchev–Trinajstić information content (AvgIpc) is 3.45. The Morgan fingerprint density at radius 3 is 2.00 bits per heavy atom.